The van der Waals surface area contributed by atoms with Gasteiger partial charge in [0, 0.05) is 23.8 Å². The molecule has 1 aromatic rings. The third-order valence-corrected chi connectivity index (χ3v) is 2.76. The van der Waals surface area contributed by atoms with Crippen molar-refractivity contribution in [1.82, 2.24) is 4.90 Å². The molecule has 0 aliphatic rings. The van der Waals surface area contributed by atoms with E-state index in [-0.39, 0.29) is 0 Å². The second-order valence-corrected chi connectivity index (χ2v) is 4.60. The Balaban J connectivity index is 2.39. The van der Waals surface area contributed by atoms with Crippen molar-refractivity contribution in [1.29, 1.82) is 0 Å². The molecule has 0 atom stereocenters. The Morgan fingerprint density at radius 2 is 1.93 bits per heavy atom. The van der Waals surface area contributed by atoms with Gasteiger partial charge in [-0.25, -0.2) is 0 Å². The molecule has 0 aliphatic heterocycles. The lowest BCUT2D eigenvalue weighted by molar-refractivity contribution is 0.158. The van der Waals surface area contributed by atoms with Crippen LogP contribution in [0.2, 0.25) is 0 Å². The van der Waals surface area contributed by atoms with E-state index in [1.807, 2.05) is 0 Å². The highest BCUT2D eigenvalue weighted by Crippen LogP contribution is 2.08. The van der Waals surface area contributed by atoms with Gasteiger partial charge in [0.15, 0.2) is 0 Å². The minimum atomic E-state index is 0.793. The molecule has 0 aliphatic carbocycles. The largest absolute Gasteiger partial charge is 0.383 e. The molecule has 14 heavy (non-hydrogen) atoms. The molecule has 1 aromatic carbocycles. The van der Waals surface area contributed by atoms with E-state index in [1.165, 1.54) is 9.13 Å². The fourth-order valence-corrected chi connectivity index (χ4v) is 1.59. The topological polar surface area (TPSA) is 12.5 Å². The molecule has 0 aromatic heterocycles. The first-order valence-corrected chi connectivity index (χ1v) is 5.72. The van der Waals surface area contributed by atoms with Gasteiger partial charge in [0.05, 0.1) is 6.61 Å². The highest BCUT2D eigenvalue weighted by molar-refractivity contribution is 14.1. The monoisotopic (exact) mass is 305 g/mol. The Kier molecular flexibility index (Phi) is 5.44. The van der Waals surface area contributed by atoms with E-state index in [2.05, 4.69) is 58.8 Å². The van der Waals surface area contributed by atoms with E-state index in [9.17, 15) is 0 Å². The van der Waals surface area contributed by atoms with Gasteiger partial charge in [-0.3, -0.25) is 4.90 Å². The number of rotatable bonds is 5. The summed E-state index contributed by atoms with van der Waals surface area (Å²) in [6.07, 6.45) is 0. The maximum atomic E-state index is 5.03. The zero-order chi connectivity index (χ0) is 10.4. The fourth-order valence-electron chi connectivity index (χ4n) is 1.23. The lowest BCUT2D eigenvalue weighted by Gasteiger charge is -2.15. The Labute approximate surface area is 99.4 Å². The van der Waals surface area contributed by atoms with Crippen molar-refractivity contribution in [3.63, 3.8) is 0 Å². The summed E-state index contributed by atoms with van der Waals surface area (Å²) in [6, 6.07) is 8.62. The molecule has 0 saturated carbocycles. The van der Waals surface area contributed by atoms with Crippen molar-refractivity contribution in [2.75, 3.05) is 27.3 Å². The maximum Gasteiger partial charge on any atom is 0.0589 e. The summed E-state index contributed by atoms with van der Waals surface area (Å²) in [5.41, 5.74) is 1.35. The zero-order valence-electron chi connectivity index (χ0n) is 8.66. The smallest absolute Gasteiger partial charge is 0.0589 e. The predicted molar refractivity (Wildman–Crippen MR) is 67.4 cm³/mol. The van der Waals surface area contributed by atoms with Crippen molar-refractivity contribution >= 4 is 22.6 Å². The van der Waals surface area contributed by atoms with Gasteiger partial charge in [0.25, 0.3) is 0 Å². The molecule has 78 valence electrons. The molecule has 0 N–H and O–H groups in total. The van der Waals surface area contributed by atoms with Gasteiger partial charge in [0.1, 0.15) is 0 Å². The molecular formula is C11H16INO. The molecule has 0 spiro atoms. The molecule has 1 rings (SSSR count). The van der Waals surface area contributed by atoms with Crippen LogP contribution in [0.4, 0.5) is 0 Å². The third kappa shape index (κ3) is 4.39. The van der Waals surface area contributed by atoms with Crippen LogP contribution in [0.25, 0.3) is 0 Å². The number of hydrogen-bond donors (Lipinski definition) is 0. The Morgan fingerprint density at radius 1 is 1.29 bits per heavy atom. The summed E-state index contributed by atoms with van der Waals surface area (Å²) in [5.74, 6) is 0. The van der Waals surface area contributed by atoms with Crippen LogP contribution in [0.1, 0.15) is 5.56 Å². The van der Waals surface area contributed by atoms with E-state index in [4.69, 9.17) is 4.74 Å². The summed E-state index contributed by atoms with van der Waals surface area (Å²) >= 11 is 2.32. The van der Waals surface area contributed by atoms with Crippen molar-refractivity contribution < 1.29 is 4.74 Å². The van der Waals surface area contributed by atoms with Gasteiger partial charge in [-0.2, -0.15) is 0 Å². The Hall–Kier alpha value is -0.130. The summed E-state index contributed by atoms with van der Waals surface area (Å²) in [7, 11) is 3.84. The Bertz CT molecular complexity index is 260. The van der Waals surface area contributed by atoms with Crippen molar-refractivity contribution in [3.8, 4) is 0 Å². The number of likely N-dealkylation sites (N-methyl/N-ethyl adjacent to an activating group) is 1. The van der Waals surface area contributed by atoms with Gasteiger partial charge in [-0.1, -0.05) is 12.1 Å². The van der Waals surface area contributed by atoms with Crippen LogP contribution in [-0.4, -0.2) is 32.2 Å². The molecule has 3 heteroatoms. The lowest BCUT2D eigenvalue weighted by Crippen LogP contribution is -2.22. The molecule has 0 amide bonds. The fraction of sp³-hybridized carbons (Fsp3) is 0.455. The molecule has 0 bridgehead atoms. The molecule has 0 saturated heterocycles. The standard InChI is InChI=1S/C11H16INO/c1-13(7-8-14-2)9-10-3-5-11(12)6-4-10/h3-6H,7-9H2,1-2H3. The normalized spacial score (nSPS) is 10.9. The predicted octanol–water partition coefficient (Wildman–Crippen LogP) is 2.37. The van der Waals surface area contributed by atoms with Crippen molar-refractivity contribution in [2.24, 2.45) is 0 Å². The van der Waals surface area contributed by atoms with E-state index in [1.54, 1.807) is 7.11 Å². The van der Waals surface area contributed by atoms with E-state index < -0.39 is 0 Å². The van der Waals surface area contributed by atoms with E-state index in [0.29, 0.717) is 0 Å². The second kappa shape index (κ2) is 6.37. The van der Waals surface area contributed by atoms with Gasteiger partial charge in [-0.05, 0) is 47.3 Å². The average molecular weight is 305 g/mol. The van der Waals surface area contributed by atoms with Crippen LogP contribution >= 0.6 is 22.6 Å². The number of benzene rings is 1. The number of halogens is 1. The third-order valence-electron chi connectivity index (χ3n) is 2.04. The summed E-state index contributed by atoms with van der Waals surface area (Å²) in [5, 5.41) is 0. The van der Waals surface area contributed by atoms with Crippen molar-refractivity contribution in [2.45, 2.75) is 6.54 Å². The van der Waals surface area contributed by atoms with Crippen LogP contribution < -0.4 is 0 Å². The quantitative estimate of drug-likeness (QED) is 0.775. The lowest BCUT2D eigenvalue weighted by atomic mass is 10.2. The average Bonchev–Trinajstić information content (AvgIpc) is 2.18. The van der Waals surface area contributed by atoms with Crippen molar-refractivity contribution in [3.05, 3.63) is 33.4 Å². The highest BCUT2D eigenvalue weighted by Gasteiger charge is 1.99. The summed E-state index contributed by atoms with van der Waals surface area (Å²) in [4.78, 5) is 2.26. The molecule has 2 nitrogen and oxygen atoms in total. The molecule has 0 fully saturated rings. The first-order chi connectivity index (χ1) is 6.72. The van der Waals surface area contributed by atoms with Crippen LogP contribution in [0, 0.1) is 3.57 Å². The van der Waals surface area contributed by atoms with E-state index in [0.717, 1.165) is 19.7 Å². The molecule has 0 radical (unpaired) electrons. The first kappa shape index (κ1) is 11.9. The number of ether oxygens (including phenoxy) is 1. The van der Waals surface area contributed by atoms with Gasteiger partial charge in [0.2, 0.25) is 0 Å². The van der Waals surface area contributed by atoms with Crippen LogP contribution in [-0.2, 0) is 11.3 Å². The SMILES string of the molecule is COCCN(C)Cc1ccc(I)cc1. The van der Waals surface area contributed by atoms with Crippen LogP contribution in [0.15, 0.2) is 24.3 Å². The van der Waals surface area contributed by atoms with Crippen LogP contribution in [0.3, 0.4) is 0 Å². The molecule has 0 heterocycles. The van der Waals surface area contributed by atoms with Gasteiger partial charge in [-0.15, -0.1) is 0 Å². The zero-order valence-corrected chi connectivity index (χ0v) is 10.8. The van der Waals surface area contributed by atoms with Crippen LogP contribution in [0.5, 0.6) is 0 Å². The second-order valence-electron chi connectivity index (χ2n) is 3.36. The van der Waals surface area contributed by atoms with Gasteiger partial charge >= 0.3 is 0 Å². The molecular weight excluding hydrogens is 289 g/mol. The first-order valence-electron chi connectivity index (χ1n) is 4.64. The van der Waals surface area contributed by atoms with E-state index >= 15 is 0 Å². The number of hydrogen-bond acceptors (Lipinski definition) is 2. The highest BCUT2D eigenvalue weighted by atomic mass is 127. The Morgan fingerprint density at radius 3 is 2.50 bits per heavy atom. The number of methoxy groups -OCH3 is 1. The number of nitrogens with zero attached hydrogens (tertiary/aromatic N) is 1. The minimum Gasteiger partial charge on any atom is -0.383 e. The summed E-state index contributed by atoms with van der Waals surface area (Å²) < 4.78 is 6.31. The molecule has 0 unspecified atom stereocenters. The van der Waals surface area contributed by atoms with Gasteiger partial charge < -0.3 is 4.74 Å². The summed E-state index contributed by atoms with van der Waals surface area (Å²) in [6.45, 7) is 2.75. The minimum absolute atomic E-state index is 0.793. The maximum absolute atomic E-state index is 5.03.